The molecule has 0 unspecified atom stereocenters. The molecule has 1 N–H and O–H groups in total. The standard InChI is InChI=1S/C17H19ClN2O2/c1-17(2,12-22-11-13-6-4-3-5-7-13)20-16(21)14-8-9-19-15(18)10-14/h3-10H,11-12H2,1-2H3,(H,20,21). The quantitative estimate of drug-likeness (QED) is 0.830. The van der Waals surface area contributed by atoms with E-state index in [0.717, 1.165) is 5.56 Å². The second kappa shape index (κ2) is 7.38. The molecule has 0 atom stereocenters. The molecule has 0 aliphatic carbocycles. The topological polar surface area (TPSA) is 51.2 Å². The van der Waals surface area contributed by atoms with Crippen molar-refractivity contribution in [3.8, 4) is 0 Å². The highest BCUT2D eigenvalue weighted by atomic mass is 35.5. The molecule has 0 aliphatic heterocycles. The zero-order valence-electron chi connectivity index (χ0n) is 12.7. The van der Waals surface area contributed by atoms with Gasteiger partial charge in [0.2, 0.25) is 0 Å². The number of ether oxygens (including phenoxy) is 1. The van der Waals surface area contributed by atoms with Gasteiger partial charge in [0, 0.05) is 11.8 Å². The van der Waals surface area contributed by atoms with Crippen molar-refractivity contribution >= 4 is 17.5 Å². The highest BCUT2D eigenvalue weighted by Crippen LogP contribution is 2.11. The van der Waals surface area contributed by atoms with E-state index in [9.17, 15) is 4.79 Å². The molecule has 1 heterocycles. The Balaban J connectivity index is 1.86. The van der Waals surface area contributed by atoms with E-state index in [2.05, 4.69) is 10.3 Å². The Hall–Kier alpha value is -1.91. The number of halogens is 1. The van der Waals surface area contributed by atoms with Gasteiger partial charge in [0.1, 0.15) is 5.15 Å². The number of hydrogen-bond acceptors (Lipinski definition) is 3. The molecule has 5 heteroatoms. The minimum absolute atomic E-state index is 0.197. The summed E-state index contributed by atoms with van der Waals surface area (Å²) >= 11 is 5.80. The SMILES string of the molecule is CC(C)(COCc1ccccc1)NC(=O)c1ccnc(Cl)c1. The lowest BCUT2D eigenvalue weighted by atomic mass is 10.1. The summed E-state index contributed by atoms with van der Waals surface area (Å²) in [5.74, 6) is -0.197. The summed E-state index contributed by atoms with van der Waals surface area (Å²) in [4.78, 5) is 16.1. The van der Waals surface area contributed by atoms with Gasteiger partial charge in [0.05, 0.1) is 18.8 Å². The van der Waals surface area contributed by atoms with Crippen LogP contribution in [0.25, 0.3) is 0 Å². The van der Waals surface area contributed by atoms with Crippen molar-refractivity contribution in [1.29, 1.82) is 0 Å². The van der Waals surface area contributed by atoms with Crippen LogP contribution in [0.4, 0.5) is 0 Å². The van der Waals surface area contributed by atoms with Gasteiger partial charge in [-0.05, 0) is 31.5 Å². The average molecular weight is 319 g/mol. The van der Waals surface area contributed by atoms with Crippen molar-refractivity contribution in [3.63, 3.8) is 0 Å². The van der Waals surface area contributed by atoms with Gasteiger partial charge in [-0.3, -0.25) is 4.79 Å². The van der Waals surface area contributed by atoms with E-state index in [-0.39, 0.29) is 5.91 Å². The average Bonchev–Trinajstić information content (AvgIpc) is 2.47. The molecule has 1 aromatic heterocycles. The van der Waals surface area contributed by atoms with Crippen molar-refractivity contribution in [2.75, 3.05) is 6.61 Å². The third kappa shape index (κ3) is 5.13. The van der Waals surface area contributed by atoms with Crippen LogP contribution >= 0.6 is 11.6 Å². The summed E-state index contributed by atoms with van der Waals surface area (Å²) < 4.78 is 5.69. The van der Waals surface area contributed by atoms with Gasteiger partial charge in [-0.2, -0.15) is 0 Å². The Kier molecular flexibility index (Phi) is 5.52. The smallest absolute Gasteiger partial charge is 0.251 e. The van der Waals surface area contributed by atoms with Crippen LogP contribution in [-0.4, -0.2) is 23.0 Å². The van der Waals surface area contributed by atoms with E-state index in [4.69, 9.17) is 16.3 Å². The maximum absolute atomic E-state index is 12.2. The molecular weight excluding hydrogens is 300 g/mol. The van der Waals surface area contributed by atoms with Gasteiger partial charge in [-0.15, -0.1) is 0 Å². The molecule has 4 nitrogen and oxygen atoms in total. The number of amides is 1. The van der Waals surface area contributed by atoms with Gasteiger partial charge < -0.3 is 10.1 Å². The minimum atomic E-state index is -0.485. The summed E-state index contributed by atoms with van der Waals surface area (Å²) in [5.41, 5.74) is 1.10. The summed E-state index contributed by atoms with van der Waals surface area (Å²) in [6.07, 6.45) is 1.51. The lowest BCUT2D eigenvalue weighted by Crippen LogP contribution is -2.47. The predicted octanol–water partition coefficient (Wildman–Crippen LogP) is 3.46. The molecule has 0 spiro atoms. The molecule has 116 valence electrons. The normalized spacial score (nSPS) is 11.2. The Labute approximate surface area is 135 Å². The second-order valence-electron chi connectivity index (χ2n) is 5.68. The summed E-state index contributed by atoms with van der Waals surface area (Å²) in [6, 6.07) is 13.1. The molecule has 0 saturated heterocycles. The van der Waals surface area contributed by atoms with Crippen molar-refractivity contribution < 1.29 is 9.53 Å². The Morgan fingerprint density at radius 2 is 2.00 bits per heavy atom. The van der Waals surface area contributed by atoms with E-state index in [1.165, 1.54) is 12.3 Å². The molecule has 1 aromatic carbocycles. The van der Waals surface area contributed by atoms with Gasteiger partial charge in [-0.25, -0.2) is 4.98 Å². The van der Waals surface area contributed by atoms with Crippen LogP contribution < -0.4 is 5.32 Å². The number of hydrogen-bond donors (Lipinski definition) is 1. The fourth-order valence-electron chi connectivity index (χ4n) is 1.96. The number of nitrogens with zero attached hydrogens (tertiary/aromatic N) is 1. The Morgan fingerprint density at radius 1 is 1.27 bits per heavy atom. The number of aromatic nitrogens is 1. The molecule has 0 radical (unpaired) electrons. The van der Waals surface area contributed by atoms with E-state index in [1.807, 2.05) is 44.2 Å². The predicted molar refractivity (Wildman–Crippen MR) is 86.9 cm³/mol. The summed E-state index contributed by atoms with van der Waals surface area (Å²) in [6.45, 7) is 4.76. The molecule has 22 heavy (non-hydrogen) atoms. The van der Waals surface area contributed by atoms with E-state index in [0.29, 0.717) is 23.9 Å². The van der Waals surface area contributed by atoms with Crippen molar-refractivity contribution in [1.82, 2.24) is 10.3 Å². The molecule has 2 rings (SSSR count). The third-order valence-electron chi connectivity index (χ3n) is 3.02. The summed E-state index contributed by atoms with van der Waals surface area (Å²) in [7, 11) is 0. The molecular formula is C17H19ClN2O2. The summed E-state index contributed by atoms with van der Waals surface area (Å²) in [5, 5.41) is 3.23. The third-order valence-corrected chi connectivity index (χ3v) is 3.22. The van der Waals surface area contributed by atoms with Crippen LogP contribution in [0.2, 0.25) is 5.15 Å². The van der Waals surface area contributed by atoms with E-state index in [1.54, 1.807) is 6.07 Å². The molecule has 2 aromatic rings. The van der Waals surface area contributed by atoms with Crippen LogP contribution in [0.3, 0.4) is 0 Å². The first kappa shape index (κ1) is 16.5. The van der Waals surface area contributed by atoms with Gasteiger partial charge in [0.25, 0.3) is 5.91 Å². The zero-order valence-corrected chi connectivity index (χ0v) is 13.4. The van der Waals surface area contributed by atoms with E-state index >= 15 is 0 Å². The van der Waals surface area contributed by atoms with E-state index < -0.39 is 5.54 Å². The first-order chi connectivity index (χ1) is 10.5. The van der Waals surface area contributed by atoms with Crippen molar-refractivity contribution in [2.45, 2.75) is 26.0 Å². The van der Waals surface area contributed by atoms with Gasteiger partial charge in [0.15, 0.2) is 0 Å². The van der Waals surface area contributed by atoms with Crippen LogP contribution in [0.15, 0.2) is 48.7 Å². The molecule has 0 bridgehead atoms. The maximum atomic E-state index is 12.2. The van der Waals surface area contributed by atoms with Crippen molar-refractivity contribution in [2.24, 2.45) is 0 Å². The first-order valence-corrected chi connectivity index (χ1v) is 7.40. The first-order valence-electron chi connectivity index (χ1n) is 7.02. The number of benzene rings is 1. The fourth-order valence-corrected chi connectivity index (χ4v) is 2.13. The fraction of sp³-hybridized carbons (Fsp3) is 0.294. The molecule has 0 fully saturated rings. The lowest BCUT2D eigenvalue weighted by Gasteiger charge is -2.26. The van der Waals surface area contributed by atoms with Crippen LogP contribution in [0, 0.1) is 0 Å². The number of pyridine rings is 1. The number of carbonyl (C=O) groups excluding carboxylic acids is 1. The van der Waals surface area contributed by atoms with Gasteiger partial charge in [-0.1, -0.05) is 41.9 Å². The highest BCUT2D eigenvalue weighted by molar-refractivity contribution is 6.29. The van der Waals surface area contributed by atoms with Crippen LogP contribution in [0.1, 0.15) is 29.8 Å². The maximum Gasteiger partial charge on any atom is 0.251 e. The van der Waals surface area contributed by atoms with Crippen molar-refractivity contribution in [3.05, 3.63) is 64.9 Å². The Morgan fingerprint density at radius 3 is 2.68 bits per heavy atom. The minimum Gasteiger partial charge on any atom is -0.374 e. The molecule has 1 amide bonds. The lowest BCUT2D eigenvalue weighted by molar-refractivity contribution is 0.0617. The number of carbonyl (C=O) groups is 1. The van der Waals surface area contributed by atoms with Gasteiger partial charge >= 0.3 is 0 Å². The largest absolute Gasteiger partial charge is 0.374 e. The number of rotatable bonds is 6. The highest BCUT2D eigenvalue weighted by Gasteiger charge is 2.21. The Bertz CT molecular complexity index is 630. The van der Waals surface area contributed by atoms with Crippen LogP contribution in [0.5, 0.6) is 0 Å². The second-order valence-corrected chi connectivity index (χ2v) is 6.07. The molecule has 0 saturated carbocycles. The zero-order chi connectivity index (χ0) is 16.0. The number of nitrogens with one attached hydrogen (secondary N) is 1. The van der Waals surface area contributed by atoms with Crippen LogP contribution in [-0.2, 0) is 11.3 Å². The monoisotopic (exact) mass is 318 g/mol. The molecule has 0 aliphatic rings.